The molecule has 6 heteroatoms. The number of nitro benzene ring substituents is 1. The van der Waals surface area contributed by atoms with Gasteiger partial charge in [0.1, 0.15) is 5.02 Å². The van der Waals surface area contributed by atoms with Crippen LogP contribution in [0.1, 0.15) is 11.1 Å². The molecule has 0 saturated carbocycles. The zero-order chi connectivity index (χ0) is 15.2. The third-order valence-electron chi connectivity index (χ3n) is 3.06. The number of hydrogen-bond donors (Lipinski definition) is 2. The van der Waals surface area contributed by atoms with Crippen LogP contribution in [0, 0.1) is 10.1 Å². The molecule has 0 aliphatic rings. The molecule has 21 heavy (non-hydrogen) atoms. The minimum atomic E-state index is -0.491. The van der Waals surface area contributed by atoms with Gasteiger partial charge in [-0.1, -0.05) is 29.8 Å². The van der Waals surface area contributed by atoms with E-state index < -0.39 is 4.92 Å². The van der Waals surface area contributed by atoms with E-state index in [1.54, 1.807) is 6.07 Å². The maximum Gasteiger partial charge on any atom is 0.288 e. The predicted molar refractivity (Wildman–Crippen MR) is 82.7 cm³/mol. The average Bonchev–Trinajstić information content (AvgIpc) is 2.48. The number of aliphatic hydroxyl groups is 1. The van der Waals surface area contributed by atoms with Crippen molar-refractivity contribution < 1.29 is 10.0 Å². The molecule has 0 saturated heterocycles. The van der Waals surface area contributed by atoms with Gasteiger partial charge in [-0.3, -0.25) is 10.1 Å². The lowest BCUT2D eigenvalue weighted by Gasteiger charge is -2.08. The summed E-state index contributed by atoms with van der Waals surface area (Å²) < 4.78 is 0. The van der Waals surface area contributed by atoms with E-state index in [9.17, 15) is 10.1 Å². The summed E-state index contributed by atoms with van der Waals surface area (Å²) >= 11 is 5.77. The summed E-state index contributed by atoms with van der Waals surface area (Å²) in [6.07, 6.45) is 0.629. The van der Waals surface area contributed by atoms with Crippen molar-refractivity contribution in [2.45, 2.75) is 13.0 Å². The molecule has 2 aromatic rings. The fourth-order valence-corrected chi connectivity index (χ4v) is 2.12. The number of rotatable bonds is 6. The van der Waals surface area contributed by atoms with Crippen LogP contribution >= 0.6 is 11.6 Å². The number of anilines is 1. The number of aliphatic hydroxyl groups excluding tert-OH is 1. The molecule has 2 aromatic carbocycles. The summed E-state index contributed by atoms with van der Waals surface area (Å²) in [5, 5.41) is 23.0. The Labute approximate surface area is 127 Å². The van der Waals surface area contributed by atoms with Crippen molar-refractivity contribution in [3.8, 4) is 0 Å². The van der Waals surface area contributed by atoms with Crippen molar-refractivity contribution in [2.75, 3.05) is 11.9 Å². The van der Waals surface area contributed by atoms with E-state index in [1.807, 2.05) is 24.3 Å². The highest BCUT2D eigenvalue weighted by atomic mass is 35.5. The molecule has 2 rings (SSSR count). The normalized spacial score (nSPS) is 10.4. The average molecular weight is 307 g/mol. The number of halogens is 1. The fourth-order valence-electron chi connectivity index (χ4n) is 1.93. The van der Waals surface area contributed by atoms with E-state index in [0.717, 1.165) is 16.8 Å². The first-order valence-electron chi connectivity index (χ1n) is 6.46. The van der Waals surface area contributed by atoms with Crippen LogP contribution in [0.3, 0.4) is 0 Å². The molecule has 2 N–H and O–H groups in total. The van der Waals surface area contributed by atoms with Crippen LogP contribution < -0.4 is 5.32 Å². The number of nitrogens with one attached hydrogen (secondary N) is 1. The van der Waals surface area contributed by atoms with Gasteiger partial charge < -0.3 is 10.4 Å². The maximum absolute atomic E-state index is 10.8. The van der Waals surface area contributed by atoms with Gasteiger partial charge in [0.05, 0.1) is 4.92 Å². The fraction of sp³-hybridized carbons (Fsp3) is 0.200. The minimum absolute atomic E-state index is 0.0886. The molecule has 5 nitrogen and oxygen atoms in total. The van der Waals surface area contributed by atoms with Gasteiger partial charge in [0.2, 0.25) is 0 Å². The van der Waals surface area contributed by atoms with E-state index in [-0.39, 0.29) is 17.3 Å². The van der Waals surface area contributed by atoms with Crippen molar-refractivity contribution in [3.05, 3.63) is 68.7 Å². The SMILES string of the molecule is O=[N+]([O-])c1cc(CNc2ccc(CCO)cc2)ccc1Cl. The summed E-state index contributed by atoms with van der Waals surface area (Å²) in [5.74, 6) is 0. The van der Waals surface area contributed by atoms with Gasteiger partial charge in [0, 0.05) is 24.9 Å². The Morgan fingerprint density at radius 2 is 1.81 bits per heavy atom. The van der Waals surface area contributed by atoms with Crippen molar-refractivity contribution in [1.29, 1.82) is 0 Å². The molecular formula is C15H15ClN2O3. The summed E-state index contributed by atoms with van der Waals surface area (Å²) in [6, 6.07) is 12.4. The summed E-state index contributed by atoms with van der Waals surface area (Å²) in [7, 11) is 0. The van der Waals surface area contributed by atoms with Crippen molar-refractivity contribution in [3.63, 3.8) is 0 Å². The first kappa shape index (κ1) is 15.3. The molecule has 0 atom stereocenters. The molecule has 0 amide bonds. The lowest BCUT2D eigenvalue weighted by molar-refractivity contribution is -0.384. The highest BCUT2D eigenvalue weighted by molar-refractivity contribution is 6.32. The molecule has 110 valence electrons. The van der Waals surface area contributed by atoms with Crippen LogP contribution in [-0.2, 0) is 13.0 Å². The zero-order valence-corrected chi connectivity index (χ0v) is 12.0. The van der Waals surface area contributed by atoms with Gasteiger partial charge in [0.25, 0.3) is 5.69 Å². The van der Waals surface area contributed by atoms with E-state index in [0.29, 0.717) is 13.0 Å². The van der Waals surface area contributed by atoms with Crippen molar-refractivity contribution >= 4 is 23.0 Å². The molecule has 0 radical (unpaired) electrons. The molecule has 0 spiro atoms. The van der Waals surface area contributed by atoms with Crippen LogP contribution in [-0.4, -0.2) is 16.6 Å². The van der Waals surface area contributed by atoms with Crippen molar-refractivity contribution in [1.82, 2.24) is 0 Å². The van der Waals surface area contributed by atoms with E-state index >= 15 is 0 Å². The second kappa shape index (κ2) is 7.06. The minimum Gasteiger partial charge on any atom is -0.396 e. The highest BCUT2D eigenvalue weighted by Gasteiger charge is 2.12. The van der Waals surface area contributed by atoms with Crippen LogP contribution in [0.25, 0.3) is 0 Å². The Hall–Kier alpha value is -2.11. The molecule has 0 unspecified atom stereocenters. The molecule has 0 bridgehead atoms. The number of nitrogens with zero attached hydrogens (tertiary/aromatic N) is 1. The second-order valence-corrected chi connectivity index (χ2v) is 4.97. The van der Waals surface area contributed by atoms with E-state index in [1.165, 1.54) is 12.1 Å². The van der Waals surface area contributed by atoms with Crippen LogP contribution in [0.15, 0.2) is 42.5 Å². The topological polar surface area (TPSA) is 75.4 Å². The quantitative estimate of drug-likeness (QED) is 0.633. The second-order valence-electron chi connectivity index (χ2n) is 4.57. The van der Waals surface area contributed by atoms with Crippen LogP contribution in [0.2, 0.25) is 5.02 Å². The van der Waals surface area contributed by atoms with Gasteiger partial charge in [-0.25, -0.2) is 0 Å². The van der Waals surface area contributed by atoms with Crippen LogP contribution in [0.5, 0.6) is 0 Å². The monoisotopic (exact) mass is 306 g/mol. The molecule has 0 aliphatic carbocycles. The summed E-state index contributed by atoms with van der Waals surface area (Å²) in [4.78, 5) is 10.3. The van der Waals surface area contributed by atoms with Gasteiger partial charge in [0.15, 0.2) is 0 Å². The number of benzene rings is 2. The third kappa shape index (κ3) is 4.18. The van der Waals surface area contributed by atoms with Gasteiger partial charge in [-0.05, 0) is 35.7 Å². The number of nitro groups is 1. The first-order valence-corrected chi connectivity index (χ1v) is 6.84. The molecule has 0 aromatic heterocycles. The number of hydrogen-bond acceptors (Lipinski definition) is 4. The van der Waals surface area contributed by atoms with Gasteiger partial charge in [-0.15, -0.1) is 0 Å². The largest absolute Gasteiger partial charge is 0.396 e. The Balaban J connectivity index is 2.02. The lowest BCUT2D eigenvalue weighted by Crippen LogP contribution is -2.01. The third-order valence-corrected chi connectivity index (χ3v) is 3.38. The molecule has 0 fully saturated rings. The smallest absolute Gasteiger partial charge is 0.288 e. The summed E-state index contributed by atoms with van der Waals surface area (Å²) in [6.45, 7) is 0.596. The van der Waals surface area contributed by atoms with Gasteiger partial charge >= 0.3 is 0 Å². The van der Waals surface area contributed by atoms with E-state index in [4.69, 9.17) is 16.7 Å². The van der Waals surface area contributed by atoms with E-state index in [2.05, 4.69) is 5.32 Å². The Morgan fingerprint density at radius 3 is 2.43 bits per heavy atom. The Morgan fingerprint density at radius 1 is 1.14 bits per heavy atom. The molecular weight excluding hydrogens is 292 g/mol. The standard InChI is InChI=1S/C15H15ClN2O3/c16-14-6-3-12(9-15(14)18(20)21)10-17-13-4-1-11(2-5-13)7-8-19/h1-6,9,17,19H,7-8,10H2. The molecule has 0 aliphatic heterocycles. The Bertz CT molecular complexity index is 629. The summed E-state index contributed by atoms with van der Waals surface area (Å²) in [5.41, 5.74) is 2.67. The first-order chi connectivity index (χ1) is 10.1. The van der Waals surface area contributed by atoms with Gasteiger partial charge in [-0.2, -0.15) is 0 Å². The molecule has 0 heterocycles. The highest BCUT2D eigenvalue weighted by Crippen LogP contribution is 2.25. The van der Waals surface area contributed by atoms with Crippen molar-refractivity contribution in [2.24, 2.45) is 0 Å². The Kier molecular flexibility index (Phi) is 5.14. The maximum atomic E-state index is 10.8. The predicted octanol–water partition coefficient (Wildman–Crippen LogP) is 3.40. The lowest BCUT2D eigenvalue weighted by atomic mass is 10.1. The van der Waals surface area contributed by atoms with Crippen LogP contribution in [0.4, 0.5) is 11.4 Å². The zero-order valence-electron chi connectivity index (χ0n) is 11.3.